The van der Waals surface area contributed by atoms with Crippen molar-refractivity contribution in [3.63, 3.8) is 0 Å². The minimum atomic E-state index is -0.158. The number of nitrogens with one attached hydrogen (secondary N) is 1. The van der Waals surface area contributed by atoms with Gasteiger partial charge in [-0.2, -0.15) is 5.10 Å². The van der Waals surface area contributed by atoms with E-state index in [0.29, 0.717) is 9.23 Å². The molecule has 3 aromatic rings. The molecule has 0 spiro atoms. The third-order valence-corrected chi connectivity index (χ3v) is 5.49. The number of carbonyl (C=O) groups is 1. The van der Waals surface area contributed by atoms with Crippen LogP contribution in [0.25, 0.3) is 22.3 Å². The largest absolute Gasteiger partial charge is 0.307 e. The van der Waals surface area contributed by atoms with Crippen LogP contribution in [0.2, 0.25) is 0 Å². The molecule has 1 fully saturated rings. The lowest BCUT2D eigenvalue weighted by Crippen LogP contribution is -2.17. The molecule has 2 aromatic heterocycles. The topological polar surface area (TPSA) is 46.9 Å². The van der Waals surface area contributed by atoms with E-state index in [0.717, 1.165) is 21.8 Å². The van der Waals surface area contributed by atoms with E-state index in [1.807, 2.05) is 64.8 Å². The predicted octanol–water partition coefficient (Wildman–Crippen LogP) is 4.09. The third-order valence-electron chi connectivity index (χ3n) is 3.45. The molecule has 1 aliphatic heterocycles. The van der Waals surface area contributed by atoms with E-state index in [4.69, 9.17) is 17.3 Å². The minimum absolute atomic E-state index is 0.158. The lowest BCUT2D eigenvalue weighted by molar-refractivity contribution is -0.115. The van der Waals surface area contributed by atoms with E-state index in [-0.39, 0.29) is 5.91 Å². The van der Waals surface area contributed by atoms with E-state index >= 15 is 0 Å². The third kappa shape index (κ3) is 2.93. The summed E-state index contributed by atoms with van der Waals surface area (Å²) in [6.45, 7) is 0. The SMILES string of the molecule is O=C1NC(=S)SC1=Cc1cn(-c2ccccc2)nc1-c1cccs1. The van der Waals surface area contributed by atoms with E-state index in [2.05, 4.69) is 5.32 Å². The van der Waals surface area contributed by atoms with Crippen molar-refractivity contribution in [2.45, 2.75) is 0 Å². The van der Waals surface area contributed by atoms with Crippen molar-refractivity contribution in [3.05, 3.63) is 64.5 Å². The van der Waals surface area contributed by atoms with Crippen molar-refractivity contribution in [1.29, 1.82) is 0 Å². The molecule has 1 amide bonds. The summed E-state index contributed by atoms with van der Waals surface area (Å²) in [6.07, 6.45) is 3.79. The van der Waals surface area contributed by atoms with Gasteiger partial charge in [-0.05, 0) is 29.7 Å². The number of thiocarbonyl (C=S) groups is 1. The number of rotatable bonds is 3. The van der Waals surface area contributed by atoms with Crippen molar-refractivity contribution >= 4 is 51.6 Å². The molecule has 24 heavy (non-hydrogen) atoms. The maximum Gasteiger partial charge on any atom is 0.263 e. The molecule has 0 radical (unpaired) electrons. The molecule has 7 heteroatoms. The Labute approximate surface area is 152 Å². The zero-order valence-corrected chi connectivity index (χ0v) is 14.8. The first-order chi connectivity index (χ1) is 11.7. The Morgan fingerprint density at radius 1 is 1.17 bits per heavy atom. The van der Waals surface area contributed by atoms with Gasteiger partial charge < -0.3 is 5.32 Å². The maximum atomic E-state index is 12.0. The predicted molar refractivity (Wildman–Crippen MR) is 103 cm³/mol. The van der Waals surface area contributed by atoms with Crippen molar-refractivity contribution in [2.75, 3.05) is 0 Å². The number of hydrogen-bond acceptors (Lipinski definition) is 5. The second-order valence-electron chi connectivity index (χ2n) is 5.04. The lowest BCUT2D eigenvalue weighted by atomic mass is 10.2. The van der Waals surface area contributed by atoms with Gasteiger partial charge in [-0.25, -0.2) is 4.68 Å². The first-order valence-corrected chi connectivity index (χ1v) is 9.25. The van der Waals surface area contributed by atoms with Gasteiger partial charge in [-0.15, -0.1) is 11.3 Å². The van der Waals surface area contributed by atoms with Crippen LogP contribution in [-0.4, -0.2) is 20.0 Å². The fraction of sp³-hybridized carbons (Fsp3) is 0. The fourth-order valence-electron chi connectivity index (χ4n) is 2.37. The van der Waals surface area contributed by atoms with Crippen molar-refractivity contribution in [3.8, 4) is 16.3 Å². The van der Waals surface area contributed by atoms with Crippen LogP contribution in [-0.2, 0) is 4.79 Å². The molecule has 1 aromatic carbocycles. The Kier molecular flexibility index (Phi) is 4.05. The summed E-state index contributed by atoms with van der Waals surface area (Å²) in [5, 5.41) is 9.37. The molecule has 0 unspecified atom stereocenters. The highest BCUT2D eigenvalue weighted by molar-refractivity contribution is 8.26. The molecule has 3 heterocycles. The standard InChI is InChI=1S/C17H11N3OS3/c21-16-14(24-17(22)18-16)9-11-10-20(12-5-2-1-3-6-12)19-15(11)13-7-4-8-23-13/h1-10H,(H,18,21,22). The van der Waals surface area contributed by atoms with Gasteiger partial charge >= 0.3 is 0 Å². The fourth-order valence-corrected chi connectivity index (χ4v) is 4.14. The van der Waals surface area contributed by atoms with Gasteiger partial charge in [0.1, 0.15) is 10.0 Å². The number of aromatic nitrogens is 2. The highest BCUT2D eigenvalue weighted by atomic mass is 32.2. The van der Waals surface area contributed by atoms with E-state index in [9.17, 15) is 4.79 Å². The molecule has 0 atom stereocenters. The number of thioether (sulfide) groups is 1. The van der Waals surface area contributed by atoms with Crippen LogP contribution < -0.4 is 5.32 Å². The first kappa shape index (κ1) is 15.3. The summed E-state index contributed by atoms with van der Waals surface area (Å²) in [5.74, 6) is -0.158. The van der Waals surface area contributed by atoms with Crippen LogP contribution in [0.1, 0.15) is 5.56 Å². The van der Waals surface area contributed by atoms with Crippen molar-refractivity contribution in [2.24, 2.45) is 0 Å². The normalized spacial score (nSPS) is 15.9. The van der Waals surface area contributed by atoms with Gasteiger partial charge in [0.2, 0.25) is 0 Å². The Balaban J connectivity index is 1.83. The summed E-state index contributed by atoms with van der Waals surface area (Å²) in [7, 11) is 0. The Morgan fingerprint density at radius 3 is 2.67 bits per heavy atom. The van der Waals surface area contributed by atoms with Crippen LogP contribution >= 0.6 is 35.3 Å². The van der Waals surface area contributed by atoms with Crippen molar-refractivity contribution in [1.82, 2.24) is 15.1 Å². The van der Waals surface area contributed by atoms with Gasteiger partial charge in [0.05, 0.1) is 15.5 Å². The molecule has 0 saturated carbocycles. The molecule has 1 N–H and O–H groups in total. The second-order valence-corrected chi connectivity index (χ2v) is 7.71. The number of benzene rings is 1. The number of amides is 1. The lowest BCUT2D eigenvalue weighted by Gasteiger charge is -1.99. The summed E-state index contributed by atoms with van der Waals surface area (Å²) in [6, 6.07) is 13.9. The molecule has 118 valence electrons. The molecule has 0 aliphatic carbocycles. The average molecular weight is 369 g/mol. The zero-order valence-electron chi connectivity index (χ0n) is 12.3. The molecule has 1 aliphatic rings. The quantitative estimate of drug-likeness (QED) is 0.558. The van der Waals surface area contributed by atoms with Crippen LogP contribution in [0.4, 0.5) is 0 Å². The molecule has 1 saturated heterocycles. The van der Waals surface area contributed by atoms with Gasteiger partial charge in [0.25, 0.3) is 5.91 Å². The number of thiophene rings is 1. The first-order valence-electron chi connectivity index (χ1n) is 7.14. The average Bonchev–Trinajstić information content (AvgIpc) is 3.29. The molecule has 4 nitrogen and oxygen atoms in total. The Morgan fingerprint density at radius 2 is 2.00 bits per heavy atom. The van der Waals surface area contributed by atoms with E-state index in [1.54, 1.807) is 11.3 Å². The second kappa shape index (κ2) is 6.35. The van der Waals surface area contributed by atoms with Crippen LogP contribution in [0.5, 0.6) is 0 Å². The number of para-hydroxylation sites is 1. The van der Waals surface area contributed by atoms with Gasteiger partial charge in [-0.1, -0.05) is 48.2 Å². The molecule has 4 rings (SSSR count). The summed E-state index contributed by atoms with van der Waals surface area (Å²) < 4.78 is 2.32. The van der Waals surface area contributed by atoms with E-state index < -0.39 is 0 Å². The summed E-state index contributed by atoms with van der Waals surface area (Å²) in [4.78, 5) is 13.6. The highest BCUT2D eigenvalue weighted by Crippen LogP contribution is 2.32. The highest BCUT2D eigenvalue weighted by Gasteiger charge is 2.23. The van der Waals surface area contributed by atoms with Crippen molar-refractivity contribution < 1.29 is 4.79 Å². The molecular formula is C17H11N3OS3. The maximum absolute atomic E-state index is 12.0. The van der Waals surface area contributed by atoms with Crippen LogP contribution in [0.3, 0.4) is 0 Å². The summed E-state index contributed by atoms with van der Waals surface area (Å²) in [5.41, 5.74) is 2.72. The zero-order chi connectivity index (χ0) is 16.5. The minimum Gasteiger partial charge on any atom is -0.307 e. The van der Waals surface area contributed by atoms with Crippen LogP contribution in [0, 0.1) is 0 Å². The number of nitrogens with zero attached hydrogens (tertiary/aromatic N) is 2. The molecule has 0 bridgehead atoms. The van der Waals surface area contributed by atoms with Crippen LogP contribution in [0.15, 0.2) is 58.9 Å². The number of hydrogen-bond donors (Lipinski definition) is 1. The Bertz CT molecular complexity index is 943. The smallest absolute Gasteiger partial charge is 0.263 e. The summed E-state index contributed by atoms with van der Waals surface area (Å²) >= 11 is 7.95. The monoisotopic (exact) mass is 369 g/mol. The van der Waals surface area contributed by atoms with E-state index in [1.165, 1.54) is 11.8 Å². The van der Waals surface area contributed by atoms with Gasteiger partial charge in [-0.3, -0.25) is 4.79 Å². The molecular weight excluding hydrogens is 358 g/mol. The Hall–Kier alpha value is -2.22. The van der Waals surface area contributed by atoms with Gasteiger partial charge in [0, 0.05) is 11.8 Å². The van der Waals surface area contributed by atoms with Gasteiger partial charge in [0.15, 0.2) is 0 Å². The number of carbonyl (C=O) groups excluding carboxylic acids is 1.